The van der Waals surface area contributed by atoms with Gasteiger partial charge in [0, 0.05) is 26.2 Å². The third-order valence-corrected chi connectivity index (χ3v) is 11.2. The predicted octanol–water partition coefficient (Wildman–Crippen LogP) is 2.52. The molecular weight excluding hydrogens is 921 g/mol. The molecule has 6 aromatic rings. The highest BCUT2D eigenvalue weighted by molar-refractivity contribution is 7.86. The molecule has 4 aromatic carbocycles. The third-order valence-electron chi connectivity index (χ3n) is 9.34. The number of aromatic amines is 4. The first-order valence-electron chi connectivity index (χ1n) is 21.0. The summed E-state index contributed by atoms with van der Waals surface area (Å²) in [4.78, 5) is 41.0. The first kappa shape index (κ1) is 50.5. The second-order valence-electron chi connectivity index (χ2n) is 15.8. The van der Waals surface area contributed by atoms with Crippen LogP contribution in [-0.2, 0) is 20.2 Å². The van der Waals surface area contributed by atoms with E-state index in [4.69, 9.17) is 0 Å². The maximum Gasteiger partial charge on any atom is 0.295 e. The van der Waals surface area contributed by atoms with Gasteiger partial charge in [0.15, 0.2) is 0 Å². The van der Waals surface area contributed by atoms with E-state index >= 15 is 0 Å². The second kappa shape index (κ2) is 22.3. The number of benzene rings is 4. The number of anilines is 2. The van der Waals surface area contributed by atoms with E-state index < -0.39 is 54.4 Å². The summed E-state index contributed by atoms with van der Waals surface area (Å²) in [5.74, 6) is 0.332. The van der Waals surface area contributed by atoms with Gasteiger partial charge in [-0.1, -0.05) is 60.7 Å². The summed E-state index contributed by atoms with van der Waals surface area (Å²) in [6.07, 6.45) is -0.834. The van der Waals surface area contributed by atoms with Gasteiger partial charge in [-0.2, -0.15) is 26.8 Å². The Morgan fingerprint density at radius 2 is 0.838 bits per heavy atom. The lowest BCUT2D eigenvalue weighted by atomic mass is 10.1. The highest BCUT2D eigenvalue weighted by Crippen LogP contribution is 2.27. The van der Waals surface area contributed by atoms with Gasteiger partial charge in [-0.05, 0) is 87.4 Å². The molecule has 4 atom stereocenters. The molecule has 2 heterocycles. The Hall–Kier alpha value is -6.90. The molecule has 24 heteroatoms. The number of H-pyrrole nitrogens is 4. The summed E-state index contributed by atoms with van der Waals surface area (Å²) >= 11 is 0. The third kappa shape index (κ3) is 14.8. The van der Waals surface area contributed by atoms with E-state index in [0.29, 0.717) is 11.4 Å². The van der Waals surface area contributed by atoms with Crippen molar-refractivity contribution in [1.82, 2.24) is 29.9 Å². The normalized spacial score (nSPS) is 15.1. The van der Waals surface area contributed by atoms with Crippen LogP contribution in [0.5, 0.6) is 0 Å². The van der Waals surface area contributed by atoms with E-state index in [1.165, 1.54) is 36.4 Å². The zero-order chi connectivity index (χ0) is 49.2. The maximum atomic E-state index is 12.8. The van der Waals surface area contributed by atoms with Crippen molar-refractivity contribution in [2.75, 3.05) is 36.0 Å². The zero-order valence-electron chi connectivity index (χ0n) is 37.2. The van der Waals surface area contributed by atoms with E-state index in [-0.39, 0.29) is 83.1 Å². The molecule has 0 amide bonds. The van der Waals surface area contributed by atoms with Gasteiger partial charge in [0.1, 0.15) is 9.79 Å². The molecule has 0 radical (unpaired) electrons. The largest absolute Gasteiger partial charge is 0.392 e. The zero-order valence-corrected chi connectivity index (χ0v) is 38.9. The van der Waals surface area contributed by atoms with Crippen LogP contribution >= 0.6 is 0 Å². The fraction of sp³-hybridized carbons (Fsp3) is 0.273. The van der Waals surface area contributed by atoms with Crippen molar-refractivity contribution in [3.63, 3.8) is 0 Å². The summed E-state index contributed by atoms with van der Waals surface area (Å²) in [7, 11) is -9.87. The monoisotopic (exact) mass is 972 g/mol. The minimum atomic E-state index is -4.94. The van der Waals surface area contributed by atoms with E-state index in [1.54, 1.807) is 86.0 Å². The molecule has 0 aliphatic heterocycles. The van der Waals surface area contributed by atoms with Crippen LogP contribution in [0.3, 0.4) is 0 Å². The Kier molecular flexibility index (Phi) is 16.5. The van der Waals surface area contributed by atoms with Gasteiger partial charge >= 0.3 is 0 Å². The molecule has 4 unspecified atom stereocenters. The minimum Gasteiger partial charge on any atom is -0.392 e. The van der Waals surface area contributed by atoms with Crippen LogP contribution in [0.15, 0.2) is 127 Å². The van der Waals surface area contributed by atoms with Gasteiger partial charge in [0.2, 0.25) is 34.4 Å². The molecule has 0 spiro atoms. The molecule has 0 saturated carbocycles. The molecule has 0 fully saturated rings. The van der Waals surface area contributed by atoms with Crippen LogP contribution in [0.4, 0.5) is 34.6 Å². The quantitative estimate of drug-likeness (QED) is 0.0437. The fourth-order valence-electron chi connectivity index (χ4n) is 6.68. The summed E-state index contributed by atoms with van der Waals surface area (Å²) in [5, 5.41) is 40.9. The molecule has 0 saturated heterocycles. The second-order valence-corrected chi connectivity index (χ2v) is 18.5. The van der Waals surface area contributed by atoms with E-state index in [9.17, 15) is 46.4 Å². The number of rotatable bonds is 18. The Balaban J connectivity index is 1.42. The molecule has 68 heavy (non-hydrogen) atoms. The SMILES string of the molecule is CC(O)CN(CC(C)O)c1nc(=Nc2ccccc2)[nH]c(=Nc2ccc(C=Cc3ccc(N=c4[nH]c(N(CC(C)O)CC(C)O)nc(=Nc5ccccc5)[nH]4)cc3S(=O)(=O)O)c(S(=O)(=O)O)c2)[nH]1. The van der Waals surface area contributed by atoms with Crippen LogP contribution < -0.4 is 32.3 Å². The Labute approximate surface area is 390 Å². The summed E-state index contributed by atoms with van der Waals surface area (Å²) in [5.41, 5.74) is 1.18. The van der Waals surface area contributed by atoms with Gasteiger partial charge in [-0.3, -0.25) is 29.0 Å². The van der Waals surface area contributed by atoms with Crippen LogP contribution in [0, 0.1) is 0 Å². The lowest BCUT2D eigenvalue weighted by Gasteiger charge is -2.25. The molecule has 6 rings (SSSR count). The lowest BCUT2D eigenvalue weighted by molar-refractivity contribution is 0.176. The molecule has 10 N–H and O–H groups in total. The van der Waals surface area contributed by atoms with Crippen LogP contribution in [0.1, 0.15) is 38.8 Å². The van der Waals surface area contributed by atoms with E-state index in [2.05, 4.69) is 49.9 Å². The topological polar surface area (TPSA) is 335 Å². The van der Waals surface area contributed by atoms with Crippen molar-refractivity contribution >= 4 is 67.0 Å². The first-order chi connectivity index (χ1) is 32.2. The maximum absolute atomic E-state index is 12.8. The number of aliphatic hydroxyl groups excluding tert-OH is 4. The minimum absolute atomic E-state index is 0.0237. The van der Waals surface area contributed by atoms with Crippen molar-refractivity contribution in [2.45, 2.75) is 61.9 Å². The van der Waals surface area contributed by atoms with Crippen LogP contribution in [0.2, 0.25) is 0 Å². The number of hydrogen-bond donors (Lipinski definition) is 10. The van der Waals surface area contributed by atoms with Gasteiger partial charge < -0.3 is 30.2 Å². The van der Waals surface area contributed by atoms with Crippen molar-refractivity contribution in [1.29, 1.82) is 0 Å². The number of hydrogen-bond acceptors (Lipinski definition) is 16. The smallest absolute Gasteiger partial charge is 0.295 e. The van der Waals surface area contributed by atoms with Crippen LogP contribution in [0.25, 0.3) is 12.2 Å². The van der Waals surface area contributed by atoms with Crippen LogP contribution in [-0.4, -0.2) is 127 Å². The highest BCUT2D eigenvalue weighted by atomic mass is 32.2. The average Bonchev–Trinajstić information content (AvgIpc) is 3.25. The molecule has 360 valence electrons. The highest BCUT2D eigenvalue weighted by Gasteiger charge is 2.20. The Bertz CT molecular complexity index is 3000. The van der Waals surface area contributed by atoms with Crippen molar-refractivity contribution in [3.8, 4) is 0 Å². The Morgan fingerprint density at radius 1 is 0.500 bits per heavy atom. The fourth-order valence-corrected chi connectivity index (χ4v) is 8.09. The Morgan fingerprint density at radius 3 is 1.15 bits per heavy atom. The van der Waals surface area contributed by atoms with Crippen molar-refractivity contribution < 1.29 is 46.4 Å². The number of aliphatic hydroxyl groups is 4. The number of nitrogens with one attached hydrogen (secondary N) is 4. The van der Waals surface area contributed by atoms with Gasteiger partial charge in [-0.25, -0.2) is 20.0 Å². The molecule has 0 bridgehead atoms. The average molecular weight is 973 g/mol. The molecule has 2 aromatic heterocycles. The predicted molar refractivity (Wildman–Crippen MR) is 252 cm³/mol. The van der Waals surface area contributed by atoms with Gasteiger partial charge in [-0.15, -0.1) is 0 Å². The van der Waals surface area contributed by atoms with Crippen molar-refractivity contribution in [3.05, 3.63) is 131 Å². The van der Waals surface area contributed by atoms with Gasteiger partial charge in [0.05, 0.1) is 47.2 Å². The molecular formula is C44H52N12O10S2. The lowest BCUT2D eigenvalue weighted by Crippen LogP contribution is -2.40. The standard InChI is InChI=1S/C44H52N12O10S2/c1-27(57)23-55(24-28(2)58)43-51-39(45-33-11-7-5-8-12-33)49-41(53-43)47-35-19-17-31(37(21-35)67(61,62)63)15-16-32-18-20-36(22-38(32)68(64,65)66)48-42-50-40(46-34-13-9-6-10-14-34)52-44(54-42)56(25-29(3)59)26-30(4)60/h5-22,27-30,57-60H,23-26H2,1-4H3,(H,61,62,63)(H,64,65,66)(H2,45,47,49,51,53)(H2,46,48,50,52,54). The summed E-state index contributed by atoms with van der Waals surface area (Å²) in [6.45, 7) is 6.55. The summed E-state index contributed by atoms with van der Waals surface area (Å²) < 4.78 is 72.0. The molecule has 0 aliphatic rings. The van der Waals surface area contributed by atoms with E-state index in [0.717, 1.165) is 12.1 Å². The summed E-state index contributed by atoms with van der Waals surface area (Å²) in [6, 6.07) is 25.4. The molecule has 0 aliphatic carbocycles. The molecule has 22 nitrogen and oxygen atoms in total. The first-order valence-corrected chi connectivity index (χ1v) is 23.9. The van der Waals surface area contributed by atoms with Crippen molar-refractivity contribution in [2.24, 2.45) is 20.0 Å². The number of para-hydroxylation sites is 2. The number of nitrogens with zero attached hydrogens (tertiary/aromatic N) is 8. The van der Waals surface area contributed by atoms with Gasteiger partial charge in [0.25, 0.3) is 20.2 Å². The number of aromatic nitrogens is 6. The van der Waals surface area contributed by atoms with E-state index in [1.807, 2.05) is 12.1 Å².